The molecule has 1 N–H and O–H groups in total. The first kappa shape index (κ1) is 23.6. The van der Waals surface area contributed by atoms with Gasteiger partial charge >= 0.3 is 6.03 Å². The van der Waals surface area contributed by atoms with Crippen LogP contribution in [-0.4, -0.2) is 17.8 Å². The standard InChI is InChI=1S/C28H18Cl2N2O4/c29-20-8-4-9-21(15-20)32-27(34)23(26(33)31-28(32)35)13-17-11-12-25(24(30)14-17)36-16-19-7-3-6-18-5-1-2-10-22(18)19/h1-15H,16H2,(H,31,33,35)/b23-13+. The van der Waals surface area contributed by atoms with Crippen LogP contribution < -0.4 is 15.0 Å². The molecule has 0 saturated carbocycles. The van der Waals surface area contributed by atoms with Crippen LogP contribution >= 0.6 is 23.2 Å². The van der Waals surface area contributed by atoms with E-state index in [1.54, 1.807) is 36.4 Å². The minimum Gasteiger partial charge on any atom is -0.487 e. The highest BCUT2D eigenvalue weighted by Crippen LogP contribution is 2.30. The lowest BCUT2D eigenvalue weighted by atomic mass is 10.1. The van der Waals surface area contributed by atoms with E-state index in [2.05, 4.69) is 5.32 Å². The molecule has 6 nitrogen and oxygen atoms in total. The van der Waals surface area contributed by atoms with Gasteiger partial charge in [-0.15, -0.1) is 0 Å². The third-order valence-corrected chi connectivity index (χ3v) is 6.23. The number of hydrogen-bond acceptors (Lipinski definition) is 4. The second-order valence-electron chi connectivity index (χ2n) is 8.05. The summed E-state index contributed by atoms with van der Waals surface area (Å²) in [6.45, 7) is 0.319. The Morgan fingerprint density at radius 3 is 2.44 bits per heavy atom. The molecule has 178 valence electrons. The fraction of sp³-hybridized carbons (Fsp3) is 0.0357. The molecule has 0 unspecified atom stereocenters. The van der Waals surface area contributed by atoms with Crippen LogP contribution in [0, 0.1) is 0 Å². The van der Waals surface area contributed by atoms with Gasteiger partial charge in [-0.25, -0.2) is 9.69 Å². The van der Waals surface area contributed by atoms with Gasteiger partial charge in [0.25, 0.3) is 11.8 Å². The number of carbonyl (C=O) groups is 3. The second-order valence-corrected chi connectivity index (χ2v) is 8.90. The van der Waals surface area contributed by atoms with E-state index in [1.807, 2.05) is 42.5 Å². The zero-order valence-electron chi connectivity index (χ0n) is 18.7. The Kier molecular flexibility index (Phi) is 6.46. The van der Waals surface area contributed by atoms with Crippen LogP contribution in [0.2, 0.25) is 10.0 Å². The highest BCUT2D eigenvalue weighted by molar-refractivity contribution is 6.39. The number of hydrogen-bond donors (Lipinski definition) is 1. The second kappa shape index (κ2) is 9.85. The molecule has 0 aromatic heterocycles. The lowest BCUT2D eigenvalue weighted by molar-refractivity contribution is -0.122. The van der Waals surface area contributed by atoms with E-state index in [9.17, 15) is 14.4 Å². The number of halogens is 2. The van der Waals surface area contributed by atoms with Crippen molar-refractivity contribution < 1.29 is 19.1 Å². The van der Waals surface area contributed by atoms with Gasteiger partial charge in [0.15, 0.2) is 0 Å². The van der Waals surface area contributed by atoms with E-state index in [1.165, 1.54) is 12.1 Å². The number of anilines is 1. The molecule has 1 aliphatic heterocycles. The average Bonchev–Trinajstić information content (AvgIpc) is 2.86. The van der Waals surface area contributed by atoms with E-state index in [-0.39, 0.29) is 11.3 Å². The molecule has 0 radical (unpaired) electrons. The van der Waals surface area contributed by atoms with Gasteiger partial charge in [-0.05, 0) is 58.3 Å². The Labute approximate surface area is 216 Å². The zero-order valence-corrected chi connectivity index (χ0v) is 20.2. The minimum atomic E-state index is -0.848. The van der Waals surface area contributed by atoms with Gasteiger partial charge in [-0.3, -0.25) is 14.9 Å². The molecule has 0 atom stereocenters. The monoisotopic (exact) mass is 516 g/mol. The highest BCUT2D eigenvalue weighted by atomic mass is 35.5. The van der Waals surface area contributed by atoms with E-state index in [4.69, 9.17) is 27.9 Å². The SMILES string of the molecule is O=C1NC(=O)N(c2cccc(Cl)c2)C(=O)/C1=C/c1ccc(OCc2cccc3ccccc23)c(Cl)c1. The van der Waals surface area contributed by atoms with Crippen LogP contribution in [0.4, 0.5) is 10.5 Å². The van der Waals surface area contributed by atoms with Crippen LogP contribution in [0.5, 0.6) is 5.75 Å². The van der Waals surface area contributed by atoms with Gasteiger partial charge in [0.2, 0.25) is 0 Å². The number of benzene rings is 4. The summed E-state index contributed by atoms with van der Waals surface area (Å²) in [5.74, 6) is -1.10. The molecule has 36 heavy (non-hydrogen) atoms. The lowest BCUT2D eigenvalue weighted by Crippen LogP contribution is -2.54. The molecular formula is C28H18Cl2N2O4. The van der Waals surface area contributed by atoms with Gasteiger partial charge in [-0.1, -0.05) is 77.8 Å². The summed E-state index contributed by atoms with van der Waals surface area (Å²) in [5, 5.41) is 5.06. The average molecular weight is 517 g/mol. The Balaban J connectivity index is 1.38. The first-order valence-corrected chi connectivity index (χ1v) is 11.7. The summed E-state index contributed by atoms with van der Waals surface area (Å²) in [7, 11) is 0. The van der Waals surface area contributed by atoms with Crippen LogP contribution in [-0.2, 0) is 16.2 Å². The van der Waals surface area contributed by atoms with Crippen molar-refractivity contribution in [3.63, 3.8) is 0 Å². The molecule has 1 fully saturated rings. The quantitative estimate of drug-likeness (QED) is 0.246. The normalized spacial score (nSPS) is 14.9. The van der Waals surface area contributed by atoms with Gasteiger partial charge in [0.05, 0.1) is 10.7 Å². The Morgan fingerprint density at radius 1 is 0.861 bits per heavy atom. The highest BCUT2D eigenvalue weighted by Gasteiger charge is 2.36. The van der Waals surface area contributed by atoms with Crippen LogP contribution in [0.3, 0.4) is 0 Å². The summed E-state index contributed by atoms with van der Waals surface area (Å²) < 4.78 is 5.95. The molecule has 0 aliphatic carbocycles. The zero-order chi connectivity index (χ0) is 25.2. The molecule has 0 spiro atoms. The van der Waals surface area contributed by atoms with Crippen LogP contribution in [0.15, 0.2) is 90.5 Å². The van der Waals surface area contributed by atoms with Crippen molar-refractivity contribution in [1.82, 2.24) is 5.32 Å². The van der Waals surface area contributed by atoms with E-state index in [0.29, 0.717) is 28.0 Å². The number of fused-ring (bicyclic) bond motifs is 1. The molecule has 1 saturated heterocycles. The van der Waals surface area contributed by atoms with Gasteiger partial charge < -0.3 is 4.74 Å². The largest absolute Gasteiger partial charge is 0.487 e. The summed E-state index contributed by atoms with van der Waals surface area (Å²) in [4.78, 5) is 38.7. The van der Waals surface area contributed by atoms with Crippen molar-refractivity contribution in [2.45, 2.75) is 6.61 Å². The van der Waals surface area contributed by atoms with Crippen molar-refractivity contribution >= 4 is 63.6 Å². The summed E-state index contributed by atoms with van der Waals surface area (Å²) in [6, 6.07) is 24.4. The molecule has 1 aliphatic rings. The van der Waals surface area contributed by atoms with Crippen molar-refractivity contribution in [1.29, 1.82) is 0 Å². The number of rotatable bonds is 5. The van der Waals surface area contributed by atoms with Gasteiger partial charge in [0, 0.05) is 5.02 Å². The first-order chi connectivity index (χ1) is 17.4. The Morgan fingerprint density at radius 2 is 1.64 bits per heavy atom. The third-order valence-electron chi connectivity index (χ3n) is 5.70. The topological polar surface area (TPSA) is 75.7 Å². The van der Waals surface area contributed by atoms with E-state index >= 15 is 0 Å². The number of amides is 4. The lowest BCUT2D eigenvalue weighted by Gasteiger charge is -2.26. The molecule has 0 bridgehead atoms. The molecule has 4 aromatic rings. The van der Waals surface area contributed by atoms with Crippen molar-refractivity contribution in [3.05, 3.63) is 112 Å². The van der Waals surface area contributed by atoms with E-state index < -0.39 is 17.8 Å². The summed E-state index contributed by atoms with van der Waals surface area (Å²) in [6.07, 6.45) is 1.38. The molecule has 5 rings (SSSR count). The predicted molar refractivity (Wildman–Crippen MR) is 140 cm³/mol. The predicted octanol–water partition coefficient (Wildman–Crippen LogP) is 6.39. The molecule has 4 aromatic carbocycles. The van der Waals surface area contributed by atoms with Gasteiger partial charge in [-0.2, -0.15) is 0 Å². The number of nitrogens with zero attached hydrogens (tertiary/aromatic N) is 1. The summed E-state index contributed by atoms with van der Waals surface area (Å²) >= 11 is 12.5. The fourth-order valence-electron chi connectivity index (χ4n) is 3.97. The number of imide groups is 2. The number of urea groups is 1. The maximum absolute atomic E-state index is 13.1. The van der Waals surface area contributed by atoms with Crippen molar-refractivity contribution in [2.24, 2.45) is 0 Å². The number of barbiturate groups is 1. The Hall–Kier alpha value is -4.13. The number of carbonyl (C=O) groups excluding carboxylic acids is 3. The third kappa shape index (κ3) is 4.69. The van der Waals surface area contributed by atoms with Crippen LogP contribution in [0.1, 0.15) is 11.1 Å². The fourth-order valence-corrected chi connectivity index (χ4v) is 4.40. The number of ether oxygens (including phenoxy) is 1. The Bertz CT molecular complexity index is 1560. The van der Waals surface area contributed by atoms with Crippen LogP contribution in [0.25, 0.3) is 16.8 Å². The maximum atomic E-state index is 13.1. The maximum Gasteiger partial charge on any atom is 0.335 e. The first-order valence-electron chi connectivity index (χ1n) is 11.0. The molecular weight excluding hydrogens is 499 g/mol. The summed E-state index contributed by atoms with van der Waals surface area (Å²) in [5.41, 5.74) is 1.55. The molecule has 1 heterocycles. The molecule has 4 amide bonds. The number of nitrogens with one attached hydrogen (secondary N) is 1. The minimum absolute atomic E-state index is 0.213. The van der Waals surface area contributed by atoms with Crippen molar-refractivity contribution in [2.75, 3.05) is 4.90 Å². The van der Waals surface area contributed by atoms with E-state index in [0.717, 1.165) is 21.2 Å². The smallest absolute Gasteiger partial charge is 0.335 e. The molecule has 8 heteroatoms. The van der Waals surface area contributed by atoms with Gasteiger partial charge in [0.1, 0.15) is 17.9 Å². The van der Waals surface area contributed by atoms with Crippen molar-refractivity contribution in [3.8, 4) is 5.75 Å².